The van der Waals surface area contributed by atoms with Crippen molar-refractivity contribution in [3.05, 3.63) is 84.3 Å². The minimum Gasteiger partial charge on any atom is -0.380 e. The van der Waals surface area contributed by atoms with E-state index < -0.39 is 0 Å². The van der Waals surface area contributed by atoms with Crippen LogP contribution in [0.1, 0.15) is 11.6 Å². The van der Waals surface area contributed by atoms with E-state index in [2.05, 4.69) is 17.4 Å². The highest BCUT2D eigenvalue weighted by atomic mass is 19.1. The minimum absolute atomic E-state index is 0.190. The number of nitrogens with one attached hydrogen (secondary N) is 1. The second-order valence-corrected chi connectivity index (χ2v) is 4.36. The lowest BCUT2D eigenvalue weighted by atomic mass is 10.0. The van der Waals surface area contributed by atoms with E-state index in [4.69, 9.17) is 0 Å². The summed E-state index contributed by atoms with van der Waals surface area (Å²) in [6, 6.07) is 19.8. The van der Waals surface area contributed by atoms with Crippen LogP contribution >= 0.6 is 0 Å². The predicted octanol–water partition coefficient (Wildman–Crippen LogP) is 3.97. The molecule has 0 bridgehead atoms. The van der Waals surface area contributed by atoms with Crippen molar-refractivity contribution in [3.8, 4) is 11.1 Å². The van der Waals surface area contributed by atoms with Gasteiger partial charge in [-0.15, -0.1) is 0 Å². The van der Waals surface area contributed by atoms with Crippen molar-refractivity contribution >= 4 is 0 Å². The van der Waals surface area contributed by atoms with Crippen molar-refractivity contribution in [2.75, 3.05) is 0 Å². The molecular formula is C17H12FN. The Labute approximate surface area is 112 Å². The van der Waals surface area contributed by atoms with Gasteiger partial charge in [0.2, 0.25) is 0 Å². The van der Waals surface area contributed by atoms with Gasteiger partial charge in [-0.05, 0) is 35.4 Å². The molecule has 0 saturated carbocycles. The molecule has 0 amide bonds. The molecule has 2 aromatic carbocycles. The molecule has 92 valence electrons. The third-order valence-corrected chi connectivity index (χ3v) is 3.04. The Morgan fingerprint density at radius 1 is 1.11 bits per heavy atom. The van der Waals surface area contributed by atoms with Crippen LogP contribution in [0.15, 0.2) is 66.6 Å². The van der Waals surface area contributed by atoms with Crippen LogP contribution in [0.3, 0.4) is 0 Å². The number of rotatable bonds is 2. The van der Waals surface area contributed by atoms with Gasteiger partial charge in [0, 0.05) is 11.8 Å². The maximum absolute atomic E-state index is 13.3. The summed E-state index contributed by atoms with van der Waals surface area (Å²) >= 11 is 0. The largest absolute Gasteiger partial charge is 0.380 e. The highest BCUT2D eigenvalue weighted by Crippen LogP contribution is 2.24. The summed E-state index contributed by atoms with van der Waals surface area (Å²) < 4.78 is 13.3. The number of hydrogen-bond acceptors (Lipinski definition) is 1. The zero-order valence-corrected chi connectivity index (χ0v) is 10.2. The van der Waals surface area contributed by atoms with Crippen molar-refractivity contribution < 1.29 is 4.39 Å². The molecular weight excluding hydrogens is 237 g/mol. The summed E-state index contributed by atoms with van der Waals surface area (Å²) in [6.07, 6.45) is 4.55. The second kappa shape index (κ2) is 4.99. The monoisotopic (exact) mass is 249 g/mol. The highest BCUT2D eigenvalue weighted by Gasteiger charge is 2.11. The average Bonchev–Trinajstić information content (AvgIpc) is 2.48. The van der Waals surface area contributed by atoms with Crippen molar-refractivity contribution in [1.29, 1.82) is 0 Å². The molecule has 0 radical (unpaired) electrons. The van der Waals surface area contributed by atoms with E-state index >= 15 is 0 Å². The first-order chi connectivity index (χ1) is 9.33. The molecule has 0 aliphatic carbocycles. The Balaban J connectivity index is 1.95. The molecule has 19 heavy (non-hydrogen) atoms. The molecule has 1 unspecified atom stereocenters. The van der Waals surface area contributed by atoms with Gasteiger partial charge in [-0.25, -0.2) is 4.39 Å². The lowest BCUT2D eigenvalue weighted by Gasteiger charge is -2.15. The first kappa shape index (κ1) is 11.6. The second-order valence-electron chi connectivity index (χ2n) is 4.36. The first-order valence-electron chi connectivity index (χ1n) is 6.11. The zero-order valence-electron chi connectivity index (χ0n) is 10.2. The molecule has 0 fully saturated rings. The summed E-state index contributed by atoms with van der Waals surface area (Å²) in [6.45, 7) is 0. The van der Waals surface area contributed by atoms with Crippen LogP contribution in [0.4, 0.5) is 4.39 Å². The Hall–Kier alpha value is -2.53. The molecule has 1 atom stereocenters. The summed E-state index contributed by atoms with van der Waals surface area (Å²) in [4.78, 5) is 0. The summed E-state index contributed by atoms with van der Waals surface area (Å²) in [5.74, 6) is -0.234. The van der Waals surface area contributed by atoms with Crippen molar-refractivity contribution in [3.63, 3.8) is 0 Å². The average molecular weight is 249 g/mol. The zero-order chi connectivity index (χ0) is 13.1. The van der Waals surface area contributed by atoms with Crippen molar-refractivity contribution in [1.82, 2.24) is 5.32 Å². The van der Waals surface area contributed by atoms with Gasteiger partial charge in [0.1, 0.15) is 5.83 Å². The number of hydrogen-bond donors (Lipinski definition) is 1. The Bertz CT molecular complexity index is 629. The molecule has 2 aromatic rings. The van der Waals surface area contributed by atoms with Gasteiger partial charge in [-0.2, -0.15) is 0 Å². The first-order valence-corrected chi connectivity index (χ1v) is 6.11. The maximum Gasteiger partial charge on any atom is 0.123 e. The molecule has 1 aliphatic rings. The van der Waals surface area contributed by atoms with Crippen molar-refractivity contribution in [2.45, 2.75) is 6.04 Å². The van der Waals surface area contributed by atoms with Gasteiger partial charge in [0.05, 0.1) is 6.04 Å². The molecule has 1 N–H and O–H groups in total. The van der Waals surface area contributed by atoms with Gasteiger partial charge in [0.25, 0.3) is 0 Å². The fraction of sp³-hybridized carbons (Fsp3) is 0.0588. The molecule has 1 heterocycles. The van der Waals surface area contributed by atoms with Gasteiger partial charge in [-0.1, -0.05) is 42.5 Å². The molecule has 1 aliphatic heterocycles. The quantitative estimate of drug-likeness (QED) is 0.849. The minimum atomic E-state index is -0.234. The smallest absolute Gasteiger partial charge is 0.123 e. The Morgan fingerprint density at radius 3 is 2.74 bits per heavy atom. The molecule has 1 nitrogen and oxygen atoms in total. The Morgan fingerprint density at radius 2 is 1.95 bits per heavy atom. The topological polar surface area (TPSA) is 12.0 Å². The van der Waals surface area contributed by atoms with E-state index in [0.29, 0.717) is 0 Å². The molecule has 0 saturated heterocycles. The number of allylic oxidation sites excluding steroid dienone is 2. The van der Waals surface area contributed by atoms with E-state index in [1.165, 1.54) is 12.2 Å². The van der Waals surface area contributed by atoms with Gasteiger partial charge in [-0.3, -0.25) is 0 Å². The van der Waals surface area contributed by atoms with Crippen LogP contribution in [0.2, 0.25) is 0 Å². The lowest BCUT2D eigenvalue weighted by molar-refractivity contribution is 0.621. The van der Waals surface area contributed by atoms with E-state index in [9.17, 15) is 4.39 Å². The van der Waals surface area contributed by atoms with E-state index in [-0.39, 0.29) is 11.9 Å². The van der Waals surface area contributed by atoms with E-state index in [1.54, 1.807) is 6.20 Å². The molecule has 0 aromatic heterocycles. The van der Waals surface area contributed by atoms with E-state index in [0.717, 1.165) is 16.7 Å². The van der Waals surface area contributed by atoms with Gasteiger partial charge < -0.3 is 5.32 Å². The fourth-order valence-corrected chi connectivity index (χ4v) is 2.08. The number of halogens is 1. The van der Waals surface area contributed by atoms with Crippen LogP contribution in [-0.2, 0) is 0 Å². The summed E-state index contributed by atoms with van der Waals surface area (Å²) in [7, 11) is 0. The Kier molecular flexibility index (Phi) is 3.04. The predicted molar refractivity (Wildman–Crippen MR) is 73.8 cm³/mol. The maximum atomic E-state index is 13.3. The van der Waals surface area contributed by atoms with E-state index in [1.807, 2.05) is 42.5 Å². The van der Waals surface area contributed by atoms with Crippen LogP contribution < -0.4 is 5.32 Å². The molecule has 0 spiro atoms. The molecule has 3 rings (SSSR count). The standard InChI is InChI=1S/C17H12FN/c18-16-9-10-19-17(12-16)15-8-4-7-14(11-15)13-5-2-1-3-6-13/h1-3,5-7,9-12,17,19H. The van der Waals surface area contributed by atoms with Crippen LogP contribution in [0, 0.1) is 12.1 Å². The van der Waals surface area contributed by atoms with Crippen LogP contribution in [-0.4, -0.2) is 0 Å². The summed E-state index contributed by atoms with van der Waals surface area (Å²) in [5.41, 5.74) is 3.05. The normalized spacial score (nSPS) is 17.3. The SMILES string of the molecule is FC1=CC(c2c#ccc(-c3ccccc3)c2)NC=C1. The summed E-state index contributed by atoms with van der Waals surface area (Å²) in [5, 5.41) is 3.10. The third-order valence-electron chi connectivity index (χ3n) is 3.04. The lowest BCUT2D eigenvalue weighted by Crippen LogP contribution is -2.15. The van der Waals surface area contributed by atoms with Crippen molar-refractivity contribution in [2.24, 2.45) is 0 Å². The highest BCUT2D eigenvalue weighted by molar-refractivity contribution is 5.63. The van der Waals surface area contributed by atoms with Gasteiger partial charge in [0.15, 0.2) is 0 Å². The number of dihydropyridines is 1. The number of benzene rings is 1. The van der Waals surface area contributed by atoms with Crippen LogP contribution in [0.25, 0.3) is 11.1 Å². The third kappa shape index (κ3) is 2.51. The van der Waals surface area contributed by atoms with Gasteiger partial charge >= 0.3 is 0 Å². The van der Waals surface area contributed by atoms with Crippen LogP contribution in [0.5, 0.6) is 0 Å². The fourth-order valence-electron chi connectivity index (χ4n) is 2.08. The molecule has 2 heteroatoms.